The number of methoxy groups -OCH3 is 3. The highest BCUT2D eigenvalue weighted by molar-refractivity contribution is 6.39. The lowest BCUT2D eigenvalue weighted by molar-refractivity contribution is -0.265. The van der Waals surface area contributed by atoms with Crippen LogP contribution in [0.25, 0.3) is 0 Å². The van der Waals surface area contributed by atoms with Gasteiger partial charge in [-0.15, -0.1) is 0 Å². The molecule has 4 bridgehead atoms. The van der Waals surface area contributed by atoms with E-state index in [-0.39, 0.29) is 73.7 Å². The maximum atomic E-state index is 14.7. The first-order valence-electron chi connectivity index (χ1n) is 29.0. The number of carbonyl (C=O) groups is 5. The van der Waals surface area contributed by atoms with Crippen molar-refractivity contribution < 1.29 is 63.0 Å². The number of ketones is 3. The molecule has 6 heterocycles. The maximum Gasteiger partial charge on any atom is 0.348 e. The van der Waals surface area contributed by atoms with Crippen LogP contribution in [0.2, 0.25) is 0 Å². The van der Waals surface area contributed by atoms with E-state index in [1.165, 1.54) is 33.1 Å². The predicted molar refractivity (Wildman–Crippen MR) is 289 cm³/mol. The van der Waals surface area contributed by atoms with Crippen LogP contribution in [-0.4, -0.2) is 146 Å². The van der Waals surface area contributed by atoms with Crippen LogP contribution >= 0.6 is 0 Å². The molecule has 2 unspecified atom stereocenters. The first-order valence-corrected chi connectivity index (χ1v) is 29.0. The van der Waals surface area contributed by atoms with E-state index < -0.39 is 107 Å². The molecule has 17 atom stereocenters. The summed E-state index contributed by atoms with van der Waals surface area (Å²) in [5, 5.41) is 34.6. The van der Waals surface area contributed by atoms with Crippen molar-refractivity contribution in [1.82, 2.24) is 18.8 Å². The van der Waals surface area contributed by atoms with Gasteiger partial charge in [0, 0.05) is 64.5 Å². The summed E-state index contributed by atoms with van der Waals surface area (Å²) in [6.07, 6.45) is 9.80. The number of ether oxygens (including phenoxy) is 5. The first kappa shape index (κ1) is 61.3. The van der Waals surface area contributed by atoms with Gasteiger partial charge in [0.15, 0.2) is 5.78 Å². The number of piperidine rings is 1. The molecular weight excluding hydrogens is 1000 g/mol. The third-order valence-corrected chi connectivity index (χ3v) is 18.5. The summed E-state index contributed by atoms with van der Waals surface area (Å²) in [6.45, 7) is 12.4. The van der Waals surface area contributed by atoms with Gasteiger partial charge in [0.2, 0.25) is 5.79 Å². The molecule has 7 aliphatic rings. The summed E-state index contributed by atoms with van der Waals surface area (Å²) in [6, 6.07) is -2.81. The molecule has 0 radical (unpaired) electrons. The highest BCUT2D eigenvalue weighted by Crippen LogP contribution is 2.39. The van der Waals surface area contributed by atoms with Crippen molar-refractivity contribution >= 4 is 29.2 Å². The number of hydrogen-bond donors (Lipinski definition) is 3. The lowest BCUT2D eigenvalue weighted by Gasteiger charge is -2.42. The number of aromatic nitrogens is 3. The molecule has 2 saturated carbocycles. The van der Waals surface area contributed by atoms with E-state index in [1.54, 1.807) is 40.9 Å². The summed E-state index contributed by atoms with van der Waals surface area (Å²) in [7, 11) is 4.42. The Morgan fingerprint density at radius 2 is 1.45 bits per heavy atom. The standard InChI is InChI=1S/C59H90N4O15/c1-33-26-37(5)51(66)53(76-10)52(67)38(6)27-34(2)47(65)32-49(35(3)28-40-20-24-46(64)50(30-40)75-9)77-56(70)45-18-14-15-25-60(45)55(69)54(68)59(73)39(7)19-22-43(78-59)31-48(74-8)36(4)29-42-21-23-44(33)63-58(72)61(57(71)62(42)63)41-16-12-11-13-17-41/h21,23,27,29,33-35,37,39-46,48-50,52-53,64,67,73H,11-20,22,24-26,28,30-32H2,1-10H3/t33-,34+,35+,37+,39+,40-,42?,43-,44?,45-,46+,48-,49-,50+,52+,53-,59+/m0/s1. The van der Waals surface area contributed by atoms with Crippen molar-refractivity contribution in [3.8, 4) is 0 Å². The molecule has 0 spiro atoms. The van der Waals surface area contributed by atoms with Gasteiger partial charge in [-0.25, -0.2) is 28.3 Å². The van der Waals surface area contributed by atoms with Gasteiger partial charge in [-0.1, -0.05) is 78.2 Å². The van der Waals surface area contributed by atoms with E-state index in [0.29, 0.717) is 75.4 Å². The summed E-state index contributed by atoms with van der Waals surface area (Å²) in [4.78, 5) is 103. The van der Waals surface area contributed by atoms with Crippen LogP contribution in [0.1, 0.15) is 176 Å². The number of Topliss-reactive ketones (excluding diaryl/α,β-unsaturated/α-hetero) is 3. The van der Waals surface area contributed by atoms with Gasteiger partial charge in [0.25, 0.3) is 11.7 Å². The fourth-order valence-electron chi connectivity index (χ4n) is 13.5. The minimum absolute atomic E-state index is 0.0410. The zero-order valence-electron chi connectivity index (χ0n) is 47.9. The van der Waals surface area contributed by atoms with Crippen molar-refractivity contribution in [1.29, 1.82) is 0 Å². The quantitative estimate of drug-likeness (QED) is 0.160. The van der Waals surface area contributed by atoms with E-state index in [9.17, 15) is 48.9 Å². The van der Waals surface area contributed by atoms with Crippen LogP contribution in [0.15, 0.2) is 45.0 Å². The summed E-state index contributed by atoms with van der Waals surface area (Å²) < 4.78 is 34.3. The SMILES string of the molecule is CO[C@H]1C[C@@H]2CC[C@@H](C)[C@@](O)(O2)C(=O)C(=O)N2CCCC[C@H]2C(=O)O[C@H]([C@H](C)C[C@@H]2CC[C@@H](O)[C@H](OC)C2)CC(=O)[C@H](C)C=C(C)[C@@H](O)[C@@H](OC)C(=O)[C@H](C)C[C@H](C)C2C=CC(C=C1C)n1c(=O)n(C3CCCCC3)c(=O)n12. The van der Waals surface area contributed by atoms with E-state index in [1.807, 2.05) is 39.0 Å². The minimum Gasteiger partial charge on any atom is -0.460 e. The Morgan fingerprint density at radius 1 is 0.756 bits per heavy atom. The van der Waals surface area contributed by atoms with Gasteiger partial charge in [-0.05, 0) is 120 Å². The number of esters is 1. The molecule has 4 fully saturated rings. The Labute approximate surface area is 459 Å². The van der Waals surface area contributed by atoms with E-state index in [4.69, 9.17) is 23.7 Å². The molecule has 2 saturated heterocycles. The summed E-state index contributed by atoms with van der Waals surface area (Å²) >= 11 is 0. The lowest BCUT2D eigenvalue weighted by Crippen LogP contribution is -2.61. The molecule has 436 valence electrons. The summed E-state index contributed by atoms with van der Waals surface area (Å²) in [5.41, 5.74) is 0.132. The lowest BCUT2D eigenvalue weighted by atomic mass is 9.78. The van der Waals surface area contributed by atoms with Crippen molar-refractivity contribution in [3.63, 3.8) is 0 Å². The first-order chi connectivity index (χ1) is 37.0. The van der Waals surface area contributed by atoms with Crippen LogP contribution in [0.4, 0.5) is 0 Å². The Hall–Kier alpha value is -4.37. The second kappa shape index (κ2) is 26.5. The van der Waals surface area contributed by atoms with Crippen molar-refractivity contribution in [2.45, 2.75) is 230 Å². The number of carbonyl (C=O) groups excluding carboxylic acids is 5. The average Bonchev–Trinajstić information content (AvgIpc) is 3.85. The van der Waals surface area contributed by atoms with Gasteiger partial charge < -0.3 is 43.9 Å². The minimum atomic E-state index is -2.54. The van der Waals surface area contributed by atoms with Crippen molar-refractivity contribution in [2.24, 2.45) is 35.5 Å². The highest BCUT2D eigenvalue weighted by Gasteiger charge is 2.53. The number of fused-ring (bicyclic) bond motifs is 15. The molecule has 1 aromatic heterocycles. The van der Waals surface area contributed by atoms with Gasteiger partial charge in [-0.3, -0.25) is 19.2 Å². The second-order valence-corrected chi connectivity index (χ2v) is 24.1. The largest absolute Gasteiger partial charge is 0.460 e. The van der Waals surface area contributed by atoms with Gasteiger partial charge in [0.05, 0.1) is 36.5 Å². The van der Waals surface area contributed by atoms with Crippen LogP contribution in [0, 0.1) is 35.5 Å². The van der Waals surface area contributed by atoms with Gasteiger partial charge >= 0.3 is 17.3 Å². The number of rotatable bonds is 7. The third kappa shape index (κ3) is 13.2. The Morgan fingerprint density at radius 3 is 2.13 bits per heavy atom. The number of allylic oxidation sites excluding steroid dienone is 4. The van der Waals surface area contributed by atoms with Crippen molar-refractivity contribution in [2.75, 3.05) is 27.9 Å². The molecule has 1 amide bonds. The number of hydrogen-bond acceptors (Lipinski definition) is 15. The molecule has 8 rings (SSSR count). The third-order valence-electron chi connectivity index (χ3n) is 18.5. The molecule has 19 nitrogen and oxygen atoms in total. The topological polar surface area (TPSA) is 244 Å². The van der Waals surface area contributed by atoms with Crippen LogP contribution < -0.4 is 11.4 Å². The zero-order chi connectivity index (χ0) is 56.9. The fourth-order valence-corrected chi connectivity index (χ4v) is 13.5. The predicted octanol–water partition coefficient (Wildman–Crippen LogP) is 6.05. The smallest absolute Gasteiger partial charge is 0.348 e. The Balaban J connectivity index is 1.26. The molecule has 3 N–H and O–H groups in total. The molecule has 1 aromatic rings. The van der Waals surface area contributed by atoms with Gasteiger partial charge in [-0.2, -0.15) is 0 Å². The number of nitrogens with zero attached hydrogens (tertiary/aromatic N) is 4. The molecule has 0 aromatic carbocycles. The molecule has 78 heavy (non-hydrogen) atoms. The van der Waals surface area contributed by atoms with Crippen LogP contribution in [0.5, 0.6) is 0 Å². The maximum absolute atomic E-state index is 14.7. The normalized spacial score (nSPS) is 37.3. The number of amides is 1. The molecule has 19 heteroatoms. The number of aliphatic hydroxyl groups excluding tert-OH is 2. The highest BCUT2D eigenvalue weighted by atomic mass is 16.6. The Kier molecular flexibility index (Phi) is 20.8. The fraction of sp³-hybridized carbons (Fsp3) is 0.780. The molecule has 5 aliphatic heterocycles. The second-order valence-electron chi connectivity index (χ2n) is 24.1. The van der Waals surface area contributed by atoms with Crippen molar-refractivity contribution in [3.05, 3.63) is 56.4 Å². The van der Waals surface area contributed by atoms with Crippen LogP contribution in [0.3, 0.4) is 0 Å². The van der Waals surface area contributed by atoms with E-state index in [2.05, 4.69) is 0 Å². The molecular formula is C59H90N4O15. The zero-order valence-corrected chi connectivity index (χ0v) is 47.9. The average molecular weight is 1100 g/mol. The Bertz CT molecular complexity index is 2520. The monoisotopic (exact) mass is 1090 g/mol. The van der Waals surface area contributed by atoms with Crippen LogP contribution in [-0.2, 0) is 47.7 Å². The van der Waals surface area contributed by atoms with E-state index in [0.717, 1.165) is 19.3 Å². The van der Waals surface area contributed by atoms with E-state index >= 15 is 0 Å². The number of aliphatic hydroxyl groups is 3. The van der Waals surface area contributed by atoms with Gasteiger partial charge in [0.1, 0.15) is 30.1 Å². The summed E-state index contributed by atoms with van der Waals surface area (Å²) in [5.74, 6) is -9.23. The molecule has 2 aliphatic carbocycles.